The summed E-state index contributed by atoms with van der Waals surface area (Å²) in [5.41, 5.74) is 0.302. The molecule has 2 N–H and O–H groups in total. The zero-order valence-corrected chi connectivity index (χ0v) is 13.4. The summed E-state index contributed by atoms with van der Waals surface area (Å²) in [7, 11) is -1.71. The molecule has 1 rings (SSSR count). The quantitative estimate of drug-likeness (QED) is 0.687. The lowest BCUT2D eigenvalue weighted by atomic mass is 10.1. The Hall–Kier alpha value is -1.93. The lowest BCUT2D eigenvalue weighted by molar-refractivity contribution is 0.0697. The van der Waals surface area contributed by atoms with Crippen LogP contribution in [0.2, 0.25) is 0 Å². The summed E-state index contributed by atoms with van der Waals surface area (Å²) in [6.45, 7) is 2.19. The molecule has 0 spiro atoms. The summed E-state index contributed by atoms with van der Waals surface area (Å²) in [5, 5.41) is 11.5. The van der Waals surface area contributed by atoms with Gasteiger partial charge in [0.1, 0.15) is 0 Å². The molecule has 0 radical (unpaired) electrons. The molecule has 1 amide bonds. The van der Waals surface area contributed by atoms with E-state index in [4.69, 9.17) is 5.11 Å². The third-order valence-electron chi connectivity index (χ3n) is 3.15. The maximum absolute atomic E-state index is 11.9. The van der Waals surface area contributed by atoms with Gasteiger partial charge in [0.05, 0.1) is 11.3 Å². The highest BCUT2D eigenvalue weighted by molar-refractivity contribution is 7.89. The summed E-state index contributed by atoms with van der Waals surface area (Å²) in [6.07, 6.45) is 0.472. The topological polar surface area (TPSA) is 104 Å². The standard InChI is InChI=1S/C14H20N2O5S/c1-3-22(20,21)16(2)9-5-8-15-13(17)11-6-4-7-12(10-11)14(18)19/h4,6-7,10H,3,5,8-9H2,1-2H3,(H,15,17)(H,18,19). The average molecular weight is 328 g/mol. The molecular formula is C14H20N2O5S. The molecule has 0 aliphatic heterocycles. The van der Waals surface area contributed by atoms with Gasteiger partial charge < -0.3 is 10.4 Å². The van der Waals surface area contributed by atoms with Gasteiger partial charge in [-0.1, -0.05) is 6.07 Å². The van der Waals surface area contributed by atoms with Gasteiger partial charge in [0.25, 0.3) is 5.91 Å². The largest absolute Gasteiger partial charge is 0.478 e. The lowest BCUT2D eigenvalue weighted by Gasteiger charge is -2.15. The number of nitrogens with one attached hydrogen (secondary N) is 1. The molecule has 0 saturated heterocycles. The smallest absolute Gasteiger partial charge is 0.335 e. The van der Waals surface area contributed by atoms with Crippen molar-refractivity contribution in [3.05, 3.63) is 35.4 Å². The van der Waals surface area contributed by atoms with E-state index in [0.717, 1.165) is 0 Å². The molecule has 0 saturated carbocycles. The van der Waals surface area contributed by atoms with Crippen molar-refractivity contribution in [2.45, 2.75) is 13.3 Å². The molecule has 0 heterocycles. The van der Waals surface area contributed by atoms with Crippen LogP contribution in [0.3, 0.4) is 0 Å². The van der Waals surface area contributed by atoms with Gasteiger partial charge in [0.2, 0.25) is 10.0 Å². The molecule has 0 atom stereocenters. The normalized spacial score (nSPS) is 11.4. The van der Waals surface area contributed by atoms with Crippen molar-refractivity contribution in [3.8, 4) is 0 Å². The van der Waals surface area contributed by atoms with E-state index in [1.165, 1.54) is 35.6 Å². The van der Waals surface area contributed by atoms with E-state index < -0.39 is 16.0 Å². The van der Waals surface area contributed by atoms with Gasteiger partial charge in [0.15, 0.2) is 0 Å². The number of rotatable bonds is 8. The van der Waals surface area contributed by atoms with Gasteiger partial charge in [-0.15, -0.1) is 0 Å². The fourth-order valence-corrected chi connectivity index (χ4v) is 2.61. The van der Waals surface area contributed by atoms with Crippen LogP contribution in [-0.4, -0.2) is 55.6 Å². The van der Waals surface area contributed by atoms with Crippen LogP contribution in [0.15, 0.2) is 24.3 Å². The number of sulfonamides is 1. The van der Waals surface area contributed by atoms with E-state index in [1.807, 2.05) is 0 Å². The first-order valence-corrected chi connectivity index (χ1v) is 8.44. The minimum Gasteiger partial charge on any atom is -0.478 e. The van der Waals surface area contributed by atoms with Gasteiger partial charge >= 0.3 is 5.97 Å². The highest BCUT2D eigenvalue weighted by Crippen LogP contribution is 2.05. The summed E-state index contributed by atoms with van der Waals surface area (Å²) in [6, 6.07) is 5.73. The highest BCUT2D eigenvalue weighted by Gasteiger charge is 2.14. The van der Waals surface area contributed by atoms with Crippen molar-refractivity contribution in [2.75, 3.05) is 25.9 Å². The van der Waals surface area contributed by atoms with Crippen LogP contribution in [0, 0.1) is 0 Å². The summed E-state index contributed by atoms with van der Waals surface area (Å²) < 4.78 is 24.3. The number of carbonyl (C=O) groups excluding carboxylic acids is 1. The third-order valence-corrected chi connectivity index (χ3v) is 5.01. The minimum absolute atomic E-state index is 0.0395. The van der Waals surface area contributed by atoms with Crippen molar-refractivity contribution in [1.82, 2.24) is 9.62 Å². The minimum atomic E-state index is -3.21. The van der Waals surface area contributed by atoms with E-state index in [0.29, 0.717) is 19.5 Å². The second kappa shape index (κ2) is 7.90. The molecule has 22 heavy (non-hydrogen) atoms. The first-order chi connectivity index (χ1) is 10.3. The molecule has 1 aromatic rings. The van der Waals surface area contributed by atoms with Crippen molar-refractivity contribution in [1.29, 1.82) is 0 Å². The molecule has 0 aromatic heterocycles. The van der Waals surface area contributed by atoms with Crippen LogP contribution in [0.25, 0.3) is 0 Å². The van der Waals surface area contributed by atoms with Crippen molar-refractivity contribution >= 4 is 21.9 Å². The number of amides is 1. The number of hydrogen-bond donors (Lipinski definition) is 2. The fourth-order valence-electron chi connectivity index (χ4n) is 1.76. The van der Waals surface area contributed by atoms with Crippen LogP contribution in [-0.2, 0) is 10.0 Å². The van der Waals surface area contributed by atoms with E-state index in [2.05, 4.69) is 5.32 Å². The average Bonchev–Trinajstić information content (AvgIpc) is 2.51. The van der Waals surface area contributed by atoms with Gasteiger partial charge in [-0.25, -0.2) is 17.5 Å². The zero-order valence-electron chi connectivity index (χ0n) is 12.6. The number of carbonyl (C=O) groups is 2. The predicted molar refractivity (Wildman–Crippen MR) is 82.4 cm³/mol. The SMILES string of the molecule is CCS(=O)(=O)N(C)CCCNC(=O)c1cccc(C(=O)O)c1. The molecule has 8 heteroatoms. The second-order valence-corrected chi connectivity index (χ2v) is 7.08. The van der Waals surface area contributed by atoms with Crippen LogP contribution in [0.4, 0.5) is 0 Å². The Labute approximate surface area is 130 Å². The van der Waals surface area contributed by atoms with Crippen LogP contribution < -0.4 is 5.32 Å². The Morgan fingerprint density at radius 3 is 2.50 bits per heavy atom. The number of hydrogen-bond acceptors (Lipinski definition) is 4. The molecule has 7 nitrogen and oxygen atoms in total. The molecule has 0 unspecified atom stereocenters. The molecule has 0 aliphatic carbocycles. The number of carboxylic acid groups (broad SMARTS) is 1. The first kappa shape index (κ1) is 18.1. The molecule has 0 fully saturated rings. The monoisotopic (exact) mass is 328 g/mol. The Bertz CT molecular complexity index is 642. The Kier molecular flexibility index (Phi) is 6.51. The molecule has 0 aliphatic rings. The van der Waals surface area contributed by atoms with E-state index in [1.54, 1.807) is 6.92 Å². The maximum atomic E-state index is 11.9. The van der Waals surface area contributed by atoms with Crippen LogP contribution in [0.5, 0.6) is 0 Å². The number of nitrogens with zero attached hydrogens (tertiary/aromatic N) is 1. The highest BCUT2D eigenvalue weighted by atomic mass is 32.2. The zero-order chi connectivity index (χ0) is 16.8. The Morgan fingerprint density at radius 1 is 1.27 bits per heavy atom. The van der Waals surface area contributed by atoms with Crippen molar-refractivity contribution in [2.24, 2.45) is 0 Å². The Balaban J connectivity index is 2.47. The van der Waals surface area contributed by atoms with Gasteiger partial charge in [-0.2, -0.15) is 0 Å². The van der Waals surface area contributed by atoms with Crippen LogP contribution >= 0.6 is 0 Å². The second-order valence-electron chi connectivity index (χ2n) is 4.72. The number of aromatic carboxylic acids is 1. The number of carboxylic acids is 1. The number of benzene rings is 1. The summed E-state index contributed by atoms with van der Waals surface area (Å²) >= 11 is 0. The van der Waals surface area contributed by atoms with Crippen molar-refractivity contribution in [3.63, 3.8) is 0 Å². The fraction of sp³-hybridized carbons (Fsp3) is 0.429. The van der Waals surface area contributed by atoms with E-state index in [9.17, 15) is 18.0 Å². The lowest BCUT2D eigenvalue weighted by Crippen LogP contribution is -2.32. The summed E-state index contributed by atoms with van der Waals surface area (Å²) in [4.78, 5) is 22.7. The first-order valence-electron chi connectivity index (χ1n) is 6.83. The molecule has 1 aromatic carbocycles. The van der Waals surface area contributed by atoms with Gasteiger partial charge in [-0.05, 0) is 31.5 Å². The predicted octanol–water partition coefficient (Wildman–Crippen LogP) is 0.786. The van der Waals surface area contributed by atoms with Crippen LogP contribution in [0.1, 0.15) is 34.1 Å². The summed E-state index contributed by atoms with van der Waals surface area (Å²) in [5.74, 6) is -1.44. The molecule has 122 valence electrons. The molecular weight excluding hydrogens is 308 g/mol. The third kappa shape index (κ3) is 5.12. The van der Waals surface area contributed by atoms with Gasteiger partial charge in [0, 0.05) is 25.7 Å². The maximum Gasteiger partial charge on any atom is 0.335 e. The van der Waals surface area contributed by atoms with Crippen molar-refractivity contribution < 1.29 is 23.1 Å². The van der Waals surface area contributed by atoms with Gasteiger partial charge in [-0.3, -0.25) is 4.79 Å². The Morgan fingerprint density at radius 2 is 1.91 bits per heavy atom. The van der Waals surface area contributed by atoms with E-state index in [-0.39, 0.29) is 22.8 Å². The van der Waals surface area contributed by atoms with E-state index >= 15 is 0 Å². The molecule has 0 bridgehead atoms.